The van der Waals surface area contributed by atoms with E-state index in [-0.39, 0.29) is 5.91 Å². The van der Waals surface area contributed by atoms with Gasteiger partial charge in [0.2, 0.25) is 0 Å². The van der Waals surface area contributed by atoms with Crippen molar-refractivity contribution < 1.29 is 9.21 Å². The maximum atomic E-state index is 12.2. The van der Waals surface area contributed by atoms with Crippen LogP contribution < -0.4 is 10.2 Å². The van der Waals surface area contributed by atoms with Crippen LogP contribution in [0, 0.1) is 0 Å². The third kappa shape index (κ3) is 2.60. The highest BCUT2D eigenvalue weighted by Gasteiger charge is 2.16. The number of benzene rings is 1. The second-order valence-electron chi connectivity index (χ2n) is 4.00. The molecule has 0 unspecified atom stereocenters. The van der Waals surface area contributed by atoms with Crippen molar-refractivity contribution in [1.82, 2.24) is 5.32 Å². The van der Waals surface area contributed by atoms with Gasteiger partial charge in [-0.3, -0.25) is 4.79 Å². The number of nitrogens with zero attached hydrogens (tertiary/aromatic N) is 1. The highest BCUT2D eigenvalue weighted by atomic mass is 16.4. The molecule has 0 atom stereocenters. The minimum absolute atomic E-state index is 0.149. The Hall–Kier alpha value is -2.07. The summed E-state index contributed by atoms with van der Waals surface area (Å²) in [6, 6.07) is 13.0. The summed E-state index contributed by atoms with van der Waals surface area (Å²) in [5, 5.41) is 2.98. The van der Waals surface area contributed by atoms with Crippen molar-refractivity contribution in [3.8, 4) is 0 Å². The highest BCUT2D eigenvalue weighted by molar-refractivity contribution is 6.03. The van der Waals surface area contributed by atoms with E-state index in [4.69, 9.17) is 4.42 Å². The SMILES string of the molecule is CNCc1ccc(C(=O)N(C)c2ccccc2)o1. The summed E-state index contributed by atoms with van der Waals surface area (Å²) >= 11 is 0. The van der Waals surface area contributed by atoms with Gasteiger partial charge in [0, 0.05) is 12.7 Å². The van der Waals surface area contributed by atoms with Crippen molar-refractivity contribution in [2.75, 3.05) is 19.0 Å². The lowest BCUT2D eigenvalue weighted by molar-refractivity contribution is 0.0964. The third-order valence-electron chi connectivity index (χ3n) is 2.67. The molecule has 0 saturated heterocycles. The van der Waals surface area contributed by atoms with Crippen LogP contribution in [0.25, 0.3) is 0 Å². The van der Waals surface area contributed by atoms with Crippen LogP contribution in [0.3, 0.4) is 0 Å². The van der Waals surface area contributed by atoms with Crippen LogP contribution in [0.2, 0.25) is 0 Å². The summed E-state index contributed by atoms with van der Waals surface area (Å²) in [7, 11) is 3.57. The molecule has 1 amide bonds. The van der Waals surface area contributed by atoms with E-state index in [1.807, 2.05) is 43.4 Å². The molecule has 1 heterocycles. The van der Waals surface area contributed by atoms with Gasteiger partial charge in [0.1, 0.15) is 5.76 Å². The molecular weight excluding hydrogens is 228 g/mol. The molecule has 0 aliphatic rings. The van der Waals surface area contributed by atoms with E-state index in [0.717, 1.165) is 11.4 Å². The zero-order chi connectivity index (χ0) is 13.0. The van der Waals surface area contributed by atoms with Crippen molar-refractivity contribution in [3.05, 3.63) is 54.0 Å². The number of carbonyl (C=O) groups excluding carboxylic acids is 1. The average Bonchev–Trinajstić information content (AvgIpc) is 2.87. The summed E-state index contributed by atoms with van der Waals surface area (Å²) in [5.74, 6) is 0.956. The van der Waals surface area contributed by atoms with Gasteiger partial charge in [-0.1, -0.05) is 18.2 Å². The Morgan fingerprint density at radius 1 is 1.22 bits per heavy atom. The molecule has 1 aromatic heterocycles. The van der Waals surface area contributed by atoms with Crippen molar-refractivity contribution in [1.29, 1.82) is 0 Å². The third-order valence-corrected chi connectivity index (χ3v) is 2.67. The van der Waals surface area contributed by atoms with Crippen molar-refractivity contribution in [3.63, 3.8) is 0 Å². The van der Waals surface area contributed by atoms with Crippen LogP contribution >= 0.6 is 0 Å². The van der Waals surface area contributed by atoms with Gasteiger partial charge in [-0.2, -0.15) is 0 Å². The summed E-state index contributed by atoms with van der Waals surface area (Å²) < 4.78 is 5.47. The normalized spacial score (nSPS) is 10.3. The van der Waals surface area contributed by atoms with E-state index < -0.39 is 0 Å². The van der Waals surface area contributed by atoms with E-state index in [1.165, 1.54) is 0 Å². The molecule has 0 bridgehead atoms. The van der Waals surface area contributed by atoms with Crippen LogP contribution in [0.1, 0.15) is 16.3 Å². The number of para-hydroxylation sites is 1. The van der Waals surface area contributed by atoms with Gasteiger partial charge in [0.05, 0.1) is 6.54 Å². The smallest absolute Gasteiger partial charge is 0.293 e. The molecule has 1 N–H and O–H groups in total. The summed E-state index contributed by atoms with van der Waals surface area (Å²) in [4.78, 5) is 13.7. The van der Waals surface area contributed by atoms with Crippen LogP contribution in [0.15, 0.2) is 46.9 Å². The molecule has 0 aliphatic carbocycles. The molecule has 4 heteroatoms. The van der Waals surface area contributed by atoms with E-state index in [0.29, 0.717) is 12.3 Å². The molecule has 94 valence electrons. The Morgan fingerprint density at radius 3 is 2.61 bits per heavy atom. The Bertz CT molecular complexity index is 520. The predicted molar refractivity (Wildman–Crippen MR) is 70.6 cm³/mol. The molecule has 0 spiro atoms. The fourth-order valence-corrected chi connectivity index (χ4v) is 1.70. The lowest BCUT2D eigenvalue weighted by Crippen LogP contribution is -2.25. The van der Waals surface area contributed by atoms with E-state index in [1.54, 1.807) is 18.0 Å². The topological polar surface area (TPSA) is 45.5 Å². The lowest BCUT2D eigenvalue weighted by atomic mass is 10.3. The molecule has 2 rings (SSSR count). The highest BCUT2D eigenvalue weighted by Crippen LogP contribution is 2.16. The number of rotatable bonds is 4. The molecule has 18 heavy (non-hydrogen) atoms. The fourth-order valence-electron chi connectivity index (χ4n) is 1.70. The average molecular weight is 244 g/mol. The van der Waals surface area contributed by atoms with Gasteiger partial charge in [0.25, 0.3) is 5.91 Å². The largest absolute Gasteiger partial charge is 0.455 e. The second kappa shape index (κ2) is 5.51. The zero-order valence-electron chi connectivity index (χ0n) is 10.5. The Labute approximate surface area is 106 Å². The molecule has 4 nitrogen and oxygen atoms in total. The summed E-state index contributed by atoms with van der Waals surface area (Å²) in [6.45, 7) is 0.613. The molecule has 0 radical (unpaired) electrons. The molecular formula is C14H16N2O2. The minimum Gasteiger partial charge on any atom is -0.455 e. The van der Waals surface area contributed by atoms with Crippen molar-refractivity contribution in [2.24, 2.45) is 0 Å². The minimum atomic E-state index is -0.149. The quantitative estimate of drug-likeness (QED) is 0.897. The van der Waals surface area contributed by atoms with Crippen LogP contribution in [0.5, 0.6) is 0 Å². The molecule has 0 saturated carbocycles. The maximum Gasteiger partial charge on any atom is 0.293 e. The van der Waals surface area contributed by atoms with E-state index >= 15 is 0 Å². The number of nitrogens with one attached hydrogen (secondary N) is 1. The number of carbonyl (C=O) groups is 1. The van der Waals surface area contributed by atoms with Crippen molar-refractivity contribution in [2.45, 2.75) is 6.54 Å². The van der Waals surface area contributed by atoms with E-state index in [9.17, 15) is 4.79 Å². The Morgan fingerprint density at radius 2 is 1.94 bits per heavy atom. The predicted octanol–water partition coefficient (Wildman–Crippen LogP) is 2.28. The fraction of sp³-hybridized carbons (Fsp3) is 0.214. The monoisotopic (exact) mass is 244 g/mol. The maximum absolute atomic E-state index is 12.2. The number of hydrogen-bond acceptors (Lipinski definition) is 3. The lowest BCUT2D eigenvalue weighted by Gasteiger charge is -2.15. The molecule has 0 aliphatic heterocycles. The molecule has 2 aromatic rings. The summed E-state index contributed by atoms with van der Waals surface area (Å²) in [5.41, 5.74) is 0.842. The van der Waals surface area contributed by atoms with E-state index in [2.05, 4.69) is 5.32 Å². The van der Waals surface area contributed by atoms with Crippen LogP contribution in [0.4, 0.5) is 5.69 Å². The number of hydrogen-bond donors (Lipinski definition) is 1. The van der Waals surface area contributed by atoms with Gasteiger partial charge < -0.3 is 14.6 Å². The Kier molecular flexibility index (Phi) is 3.79. The first-order valence-corrected chi connectivity index (χ1v) is 5.79. The zero-order valence-corrected chi connectivity index (χ0v) is 10.5. The Balaban J connectivity index is 2.15. The van der Waals surface area contributed by atoms with Crippen LogP contribution in [-0.2, 0) is 6.54 Å². The van der Waals surface area contributed by atoms with Gasteiger partial charge in [0.15, 0.2) is 5.76 Å². The van der Waals surface area contributed by atoms with Gasteiger partial charge in [-0.25, -0.2) is 0 Å². The first-order valence-electron chi connectivity index (χ1n) is 5.79. The van der Waals surface area contributed by atoms with Gasteiger partial charge in [-0.15, -0.1) is 0 Å². The summed E-state index contributed by atoms with van der Waals surface area (Å²) in [6.07, 6.45) is 0. The first-order chi connectivity index (χ1) is 8.72. The standard InChI is InChI=1S/C14H16N2O2/c1-15-10-12-8-9-13(18-12)14(17)16(2)11-6-4-3-5-7-11/h3-9,15H,10H2,1-2H3. The number of amides is 1. The second-order valence-corrected chi connectivity index (χ2v) is 4.00. The van der Waals surface area contributed by atoms with Gasteiger partial charge in [-0.05, 0) is 31.3 Å². The van der Waals surface area contributed by atoms with Crippen molar-refractivity contribution >= 4 is 11.6 Å². The van der Waals surface area contributed by atoms with Crippen LogP contribution in [-0.4, -0.2) is 20.0 Å². The molecule has 0 fully saturated rings. The number of anilines is 1. The first kappa shape index (κ1) is 12.4. The number of furan rings is 1. The molecule has 1 aromatic carbocycles. The van der Waals surface area contributed by atoms with Gasteiger partial charge >= 0.3 is 0 Å².